The highest BCUT2D eigenvalue weighted by Gasteiger charge is 2.34. The second-order valence-electron chi connectivity index (χ2n) is 10.2. The normalized spacial score (nSPS) is 12.1. The largest absolute Gasteiger partial charge is 0.496 e. The number of carbonyl (C=O) groups excluding carboxylic acids is 2. The summed E-state index contributed by atoms with van der Waals surface area (Å²) in [7, 11) is 1.59. The zero-order valence-electron chi connectivity index (χ0n) is 23.0. The first-order valence-corrected chi connectivity index (χ1v) is 12.9. The van der Waals surface area contributed by atoms with Crippen LogP contribution in [0, 0.1) is 0 Å². The molecular weight excluding hydrogens is 494 g/mol. The molecular formula is C30H35N5O4. The molecule has 9 heteroatoms. The first-order chi connectivity index (χ1) is 18.7. The standard InChI is InChI=1S/C30H35N5O4/c1-6-39-23-17-15-21(16-18-23)28(29(37)31-30(2,3)4)34(19-22-11-7-10-14-26(22)38-5)27(36)20-35-25-13-9-8-12-24(25)32-33-35/h7-18,28H,6,19-20H2,1-5H3,(H,31,37)/t28-/m1/s1. The van der Waals surface area contributed by atoms with E-state index in [0.29, 0.717) is 29.2 Å². The average molecular weight is 530 g/mol. The number of hydrogen-bond acceptors (Lipinski definition) is 6. The van der Waals surface area contributed by atoms with Gasteiger partial charge in [-0.25, -0.2) is 4.68 Å². The van der Waals surface area contributed by atoms with Crippen LogP contribution in [0.2, 0.25) is 0 Å². The summed E-state index contributed by atoms with van der Waals surface area (Å²) in [5.74, 6) is 0.731. The van der Waals surface area contributed by atoms with Gasteiger partial charge in [0.25, 0.3) is 0 Å². The Bertz CT molecular complexity index is 1430. The molecule has 4 aromatic rings. The van der Waals surface area contributed by atoms with Crippen LogP contribution in [-0.4, -0.2) is 51.0 Å². The monoisotopic (exact) mass is 529 g/mol. The van der Waals surface area contributed by atoms with Gasteiger partial charge in [-0.05, 0) is 63.6 Å². The number of para-hydroxylation sites is 2. The van der Waals surface area contributed by atoms with E-state index < -0.39 is 11.6 Å². The van der Waals surface area contributed by atoms with Crippen LogP contribution in [0.5, 0.6) is 11.5 Å². The van der Waals surface area contributed by atoms with Crippen molar-refractivity contribution in [2.75, 3.05) is 13.7 Å². The SMILES string of the molecule is CCOc1ccc([C@H](C(=O)NC(C)(C)C)N(Cc2ccccc2OC)C(=O)Cn2nnc3ccccc32)cc1. The van der Waals surface area contributed by atoms with Crippen LogP contribution in [0.15, 0.2) is 72.8 Å². The van der Waals surface area contributed by atoms with E-state index >= 15 is 0 Å². The maximum atomic E-state index is 14.1. The van der Waals surface area contributed by atoms with Crippen molar-refractivity contribution >= 4 is 22.8 Å². The molecule has 1 N–H and O–H groups in total. The number of hydrogen-bond donors (Lipinski definition) is 1. The Morgan fingerprint density at radius 1 is 1.00 bits per heavy atom. The van der Waals surface area contributed by atoms with Gasteiger partial charge in [-0.15, -0.1) is 5.10 Å². The van der Waals surface area contributed by atoms with Crippen LogP contribution in [0.4, 0.5) is 0 Å². The summed E-state index contributed by atoms with van der Waals surface area (Å²) in [6.45, 7) is 8.22. The number of amides is 2. The number of rotatable bonds is 10. The Hall–Kier alpha value is -4.40. The maximum absolute atomic E-state index is 14.1. The third kappa shape index (κ3) is 6.73. The molecule has 1 heterocycles. The Balaban J connectivity index is 1.79. The first kappa shape index (κ1) is 27.6. The summed E-state index contributed by atoms with van der Waals surface area (Å²) < 4.78 is 12.7. The van der Waals surface area contributed by atoms with Crippen molar-refractivity contribution in [1.29, 1.82) is 0 Å². The zero-order valence-corrected chi connectivity index (χ0v) is 23.0. The number of fused-ring (bicyclic) bond motifs is 1. The van der Waals surface area contributed by atoms with Gasteiger partial charge in [0, 0.05) is 11.1 Å². The molecule has 0 saturated heterocycles. The molecule has 0 aliphatic rings. The van der Waals surface area contributed by atoms with Crippen LogP contribution in [0.3, 0.4) is 0 Å². The van der Waals surface area contributed by atoms with E-state index in [2.05, 4.69) is 15.6 Å². The van der Waals surface area contributed by atoms with E-state index in [-0.39, 0.29) is 24.9 Å². The molecule has 0 fully saturated rings. The molecule has 1 aromatic heterocycles. The lowest BCUT2D eigenvalue weighted by molar-refractivity contribution is -0.142. The Morgan fingerprint density at radius 3 is 2.38 bits per heavy atom. The van der Waals surface area contributed by atoms with E-state index in [4.69, 9.17) is 9.47 Å². The quantitative estimate of drug-likeness (QED) is 0.324. The molecule has 1 atom stereocenters. The van der Waals surface area contributed by atoms with Gasteiger partial charge < -0.3 is 19.7 Å². The van der Waals surface area contributed by atoms with Gasteiger partial charge in [0.15, 0.2) is 0 Å². The predicted molar refractivity (Wildman–Crippen MR) is 149 cm³/mol. The van der Waals surface area contributed by atoms with Crippen molar-refractivity contribution in [3.63, 3.8) is 0 Å². The van der Waals surface area contributed by atoms with E-state index in [1.165, 1.54) is 0 Å². The molecule has 0 spiro atoms. The highest BCUT2D eigenvalue weighted by atomic mass is 16.5. The fourth-order valence-corrected chi connectivity index (χ4v) is 4.42. The van der Waals surface area contributed by atoms with Crippen LogP contribution >= 0.6 is 0 Å². The number of ether oxygens (including phenoxy) is 2. The molecule has 2 amide bonds. The van der Waals surface area contributed by atoms with Gasteiger partial charge in [0.05, 0.1) is 25.8 Å². The first-order valence-electron chi connectivity index (χ1n) is 12.9. The third-order valence-corrected chi connectivity index (χ3v) is 6.12. The van der Waals surface area contributed by atoms with Crippen molar-refractivity contribution in [1.82, 2.24) is 25.2 Å². The van der Waals surface area contributed by atoms with Crippen molar-refractivity contribution in [3.05, 3.63) is 83.9 Å². The van der Waals surface area contributed by atoms with Crippen molar-refractivity contribution in [2.45, 2.75) is 52.4 Å². The Morgan fingerprint density at radius 2 is 1.69 bits per heavy atom. The molecule has 0 aliphatic carbocycles. The molecule has 0 bridgehead atoms. The highest BCUT2D eigenvalue weighted by Crippen LogP contribution is 2.29. The number of benzene rings is 3. The second-order valence-corrected chi connectivity index (χ2v) is 10.2. The minimum atomic E-state index is -0.924. The molecule has 0 aliphatic heterocycles. The predicted octanol–water partition coefficient (Wildman–Crippen LogP) is 4.52. The third-order valence-electron chi connectivity index (χ3n) is 6.12. The number of carbonyl (C=O) groups is 2. The number of methoxy groups -OCH3 is 1. The molecule has 0 unspecified atom stereocenters. The van der Waals surface area contributed by atoms with Crippen LogP contribution in [-0.2, 0) is 22.7 Å². The molecule has 204 valence electrons. The smallest absolute Gasteiger partial charge is 0.247 e. The van der Waals surface area contributed by atoms with E-state index in [1.807, 2.05) is 100 Å². The maximum Gasteiger partial charge on any atom is 0.247 e. The van der Waals surface area contributed by atoms with Gasteiger partial charge in [0.1, 0.15) is 29.6 Å². The van der Waals surface area contributed by atoms with E-state index in [1.54, 1.807) is 16.7 Å². The summed E-state index contributed by atoms with van der Waals surface area (Å²) >= 11 is 0. The topological polar surface area (TPSA) is 98.6 Å². The lowest BCUT2D eigenvalue weighted by atomic mass is 10.0. The molecule has 0 radical (unpaired) electrons. The zero-order chi connectivity index (χ0) is 28.0. The van der Waals surface area contributed by atoms with Gasteiger partial charge in [-0.2, -0.15) is 0 Å². The molecule has 3 aromatic carbocycles. The van der Waals surface area contributed by atoms with Crippen LogP contribution < -0.4 is 14.8 Å². The van der Waals surface area contributed by atoms with Crippen molar-refractivity contribution in [3.8, 4) is 11.5 Å². The average Bonchev–Trinajstić information content (AvgIpc) is 3.31. The number of nitrogens with zero attached hydrogens (tertiary/aromatic N) is 4. The highest BCUT2D eigenvalue weighted by molar-refractivity contribution is 5.89. The summed E-state index contributed by atoms with van der Waals surface area (Å²) in [6.07, 6.45) is 0. The molecule has 4 rings (SSSR count). The minimum Gasteiger partial charge on any atom is -0.496 e. The van der Waals surface area contributed by atoms with Crippen molar-refractivity contribution < 1.29 is 19.1 Å². The van der Waals surface area contributed by atoms with Crippen LogP contribution in [0.25, 0.3) is 11.0 Å². The van der Waals surface area contributed by atoms with Gasteiger partial charge in [-0.3, -0.25) is 9.59 Å². The minimum absolute atomic E-state index is 0.0913. The number of aromatic nitrogens is 3. The fourth-order valence-electron chi connectivity index (χ4n) is 4.42. The van der Waals surface area contributed by atoms with Gasteiger partial charge in [-0.1, -0.05) is 47.7 Å². The summed E-state index contributed by atoms with van der Waals surface area (Å²) in [6, 6.07) is 21.3. The lowest BCUT2D eigenvalue weighted by Crippen LogP contribution is -2.49. The Labute approximate surface area is 228 Å². The fraction of sp³-hybridized carbons (Fsp3) is 0.333. The van der Waals surface area contributed by atoms with E-state index in [0.717, 1.165) is 11.1 Å². The lowest BCUT2D eigenvalue weighted by Gasteiger charge is -2.34. The summed E-state index contributed by atoms with van der Waals surface area (Å²) in [4.78, 5) is 29.6. The summed E-state index contributed by atoms with van der Waals surface area (Å²) in [5, 5.41) is 11.5. The number of nitrogens with one attached hydrogen (secondary N) is 1. The second kappa shape index (κ2) is 12.0. The van der Waals surface area contributed by atoms with Crippen LogP contribution in [0.1, 0.15) is 44.9 Å². The van der Waals surface area contributed by atoms with Gasteiger partial charge in [0.2, 0.25) is 11.8 Å². The molecule has 9 nitrogen and oxygen atoms in total. The van der Waals surface area contributed by atoms with Gasteiger partial charge >= 0.3 is 0 Å². The molecule has 39 heavy (non-hydrogen) atoms. The van der Waals surface area contributed by atoms with Crippen molar-refractivity contribution in [2.24, 2.45) is 0 Å². The Kier molecular flexibility index (Phi) is 8.49. The summed E-state index contributed by atoms with van der Waals surface area (Å²) in [5.41, 5.74) is 2.35. The molecule has 0 saturated carbocycles. The van der Waals surface area contributed by atoms with E-state index in [9.17, 15) is 9.59 Å².